The average Bonchev–Trinajstić information content (AvgIpc) is 2.39. The van der Waals surface area contributed by atoms with Crippen LogP contribution in [0.25, 0.3) is 0 Å². The number of aromatic nitrogens is 1. The molecule has 1 amide bonds. The quantitative estimate of drug-likeness (QED) is 0.767. The fourth-order valence-corrected chi connectivity index (χ4v) is 2.13. The highest BCUT2D eigenvalue weighted by molar-refractivity contribution is 5.93. The van der Waals surface area contributed by atoms with E-state index in [4.69, 9.17) is 5.73 Å². The Morgan fingerprint density at radius 3 is 2.76 bits per heavy atom. The van der Waals surface area contributed by atoms with Crippen molar-refractivity contribution in [2.75, 3.05) is 19.6 Å². The molecule has 5 heteroatoms. The van der Waals surface area contributed by atoms with E-state index in [2.05, 4.69) is 4.98 Å². The van der Waals surface area contributed by atoms with Crippen molar-refractivity contribution >= 4 is 5.91 Å². The second-order valence-electron chi connectivity index (χ2n) is 4.39. The van der Waals surface area contributed by atoms with E-state index in [1.165, 1.54) is 18.5 Å². The summed E-state index contributed by atoms with van der Waals surface area (Å²) in [7, 11) is 0. The number of aromatic amines is 1. The molecule has 1 aliphatic heterocycles. The van der Waals surface area contributed by atoms with E-state index in [0.29, 0.717) is 25.6 Å². The first kappa shape index (κ1) is 11.9. The van der Waals surface area contributed by atoms with Gasteiger partial charge in [-0.2, -0.15) is 0 Å². The number of nitrogens with zero attached hydrogens (tertiary/aromatic N) is 1. The van der Waals surface area contributed by atoms with E-state index in [-0.39, 0.29) is 16.9 Å². The van der Waals surface area contributed by atoms with Crippen molar-refractivity contribution in [3.63, 3.8) is 0 Å². The summed E-state index contributed by atoms with van der Waals surface area (Å²) in [6.07, 6.45) is 4.85. The van der Waals surface area contributed by atoms with Crippen LogP contribution in [0.3, 0.4) is 0 Å². The van der Waals surface area contributed by atoms with E-state index < -0.39 is 0 Å². The highest BCUT2D eigenvalue weighted by Gasteiger charge is 2.23. The SMILES string of the molecule is NCC1CCN(C(=O)c2c[nH]ccc2=O)CC1. The summed E-state index contributed by atoms with van der Waals surface area (Å²) in [6, 6.07) is 1.37. The largest absolute Gasteiger partial charge is 0.367 e. The molecule has 1 fully saturated rings. The molecule has 0 aromatic carbocycles. The van der Waals surface area contributed by atoms with Gasteiger partial charge >= 0.3 is 0 Å². The highest BCUT2D eigenvalue weighted by atomic mass is 16.2. The van der Waals surface area contributed by atoms with Crippen molar-refractivity contribution in [1.29, 1.82) is 0 Å². The third-order valence-corrected chi connectivity index (χ3v) is 3.29. The van der Waals surface area contributed by atoms with Crippen LogP contribution >= 0.6 is 0 Å². The summed E-state index contributed by atoms with van der Waals surface area (Å²) in [6.45, 7) is 2.05. The van der Waals surface area contributed by atoms with Crippen LogP contribution in [0.2, 0.25) is 0 Å². The van der Waals surface area contributed by atoms with Gasteiger partial charge in [0.2, 0.25) is 0 Å². The molecular weight excluding hydrogens is 218 g/mol. The first-order chi connectivity index (χ1) is 8.22. The van der Waals surface area contributed by atoms with E-state index in [1.54, 1.807) is 4.90 Å². The van der Waals surface area contributed by atoms with Crippen molar-refractivity contribution in [2.45, 2.75) is 12.8 Å². The molecule has 2 rings (SSSR count). The monoisotopic (exact) mass is 235 g/mol. The van der Waals surface area contributed by atoms with Crippen LogP contribution in [0.4, 0.5) is 0 Å². The number of carbonyl (C=O) groups is 1. The molecule has 0 atom stereocenters. The number of pyridine rings is 1. The average molecular weight is 235 g/mol. The minimum Gasteiger partial charge on any atom is -0.367 e. The minimum absolute atomic E-state index is 0.178. The van der Waals surface area contributed by atoms with Crippen molar-refractivity contribution in [2.24, 2.45) is 11.7 Å². The molecule has 1 aliphatic rings. The molecule has 1 aromatic heterocycles. The Morgan fingerprint density at radius 2 is 2.18 bits per heavy atom. The summed E-state index contributed by atoms with van der Waals surface area (Å²) >= 11 is 0. The van der Waals surface area contributed by atoms with Gasteiger partial charge in [0.1, 0.15) is 5.56 Å². The number of amides is 1. The van der Waals surface area contributed by atoms with E-state index in [9.17, 15) is 9.59 Å². The zero-order chi connectivity index (χ0) is 12.3. The number of nitrogens with one attached hydrogen (secondary N) is 1. The lowest BCUT2D eigenvalue weighted by atomic mass is 9.97. The number of likely N-dealkylation sites (tertiary alicyclic amines) is 1. The topological polar surface area (TPSA) is 79.2 Å². The summed E-state index contributed by atoms with van der Waals surface area (Å²) in [5.74, 6) is 0.329. The van der Waals surface area contributed by atoms with Crippen LogP contribution in [0.15, 0.2) is 23.3 Å². The van der Waals surface area contributed by atoms with Crippen LogP contribution in [0, 0.1) is 5.92 Å². The van der Waals surface area contributed by atoms with Gasteiger partial charge in [0.15, 0.2) is 5.43 Å². The molecule has 5 nitrogen and oxygen atoms in total. The summed E-state index contributed by atoms with van der Waals surface area (Å²) in [5, 5.41) is 0. The number of hydrogen-bond donors (Lipinski definition) is 2. The molecule has 0 radical (unpaired) electrons. The van der Waals surface area contributed by atoms with E-state index >= 15 is 0 Å². The van der Waals surface area contributed by atoms with Crippen LogP contribution in [0.5, 0.6) is 0 Å². The molecule has 0 unspecified atom stereocenters. The number of piperidine rings is 1. The number of nitrogens with two attached hydrogens (primary N) is 1. The zero-order valence-electron chi connectivity index (χ0n) is 9.69. The molecule has 0 bridgehead atoms. The van der Waals surface area contributed by atoms with Crippen LogP contribution < -0.4 is 11.2 Å². The Labute approximate surface area is 99.6 Å². The number of hydrogen-bond acceptors (Lipinski definition) is 3. The van der Waals surface area contributed by atoms with Crippen molar-refractivity contribution in [3.8, 4) is 0 Å². The molecule has 2 heterocycles. The summed E-state index contributed by atoms with van der Waals surface area (Å²) in [5.41, 5.74) is 5.60. The smallest absolute Gasteiger partial charge is 0.259 e. The maximum atomic E-state index is 12.1. The molecule has 1 aromatic rings. The van der Waals surface area contributed by atoms with Gasteiger partial charge < -0.3 is 15.6 Å². The first-order valence-corrected chi connectivity index (χ1v) is 5.89. The van der Waals surface area contributed by atoms with Gasteiger partial charge in [0, 0.05) is 31.5 Å². The molecule has 17 heavy (non-hydrogen) atoms. The van der Waals surface area contributed by atoms with Crippen molar-refractivity contribution in [3.05, 3.63) is 34.2 Å². The minimum atomic E-state index is -0.227. The predicted molar refractivity (Wildman–Crippen MR) is 64.7 cm³/mol. The maximum Gasteiger partial charge on any atom is 0.259 e. The molecule has 0 saturated carbocycles. The van der Waals surface area contributed by atoms with Gasteiger partial charge in [-0.25, -0.2) is 0 Å². The first-order valence-electron chi connectivity index (χ1n) is 5.89. The highest BCUT2D eigenvalue weighted by Crippen LogP contribution is 2.16. The van der Waals surface area contributed by atoms with Crippen LogP contribution in [-0.4, -0.2) is 35.4 Å². The van der Waals surface area contributed by atoms with E-state index in [1.807, 2.05) is 0 Å². The van der Waals surface area contributed by atoms with Gasteiger partial charge in [0.05, 0.1) is 0 Å². The molecule has 0 aliphatic carbocycles. The Morgan fingerprint density at radius 1 is 1.47 bits per heavy atom. The third-order valence-electron chi connectivity index (χ3n) is 3.29. The van der Waals surface area contributed by atoms with E-state index in [0.717, 1.165) is 12.8 Å². The lowest BCUT2D eigenvalue weighted by Crippen LogP contribution is -2.41. The fraction of sp³-hybridized carbons (Fsp3) is 0.500. The van der Waals surface area contributed by atoms with Gasteiger partial charge in [-0.15, -0.1) is 0 Å². The zero-order valence-corrected chi connectivity index (χ0v) is 9.69. The number of carbonyl (C=O) groups excluding carboxylic acids is 1. The van der Waals surface area contributed by atoms with Gasteiger partial charge in [0.25, 0.3) is 5.91 Å². The molecule has 92 valence electrons. The Balaban J connectivity index is 2.07. The standard InChI is InChI=1S/C12H17N3O2/c13-7-9-2-5-15(6-3-9)12(17)10-8-14-4-1-11(10)16/h1,4,8-9H,2-3,5-7,13H2,(H,14,16). The van der Waals surface area contributed by atoms with Crippen molar-refractivity contribution < 1.29 is 4.79 Å². The number of rotatable bonds is 2. The van der Waals surface area contributed by atoms with Gasteiger partial charge in [-0.1, -0.05) is 0 Å². The fourth-order valence-electron chi connectivity index (χ4n) is 2.13. The van der Waals surface area contributed by atoms with Gasteiger partial charge in [-0.05, 0) is 25.3 Å². The lowest BCUT2D eigenvalue weighted by Gasteiger charge is -2.31. The van der Waals surface area contributed by atoms with Crippen LogP contribution in [-0.2, 0) is 0 Å². The Hall–Kier alpha value is -1.62. The Bertz CT molecular complexity index is 447. The van der Waals surface area contributed by atoms with Crippen LogP contribution in [0.1, 0.15) is 23.2 Å². The summed E-state index contributed by atoms with van der Waals surface area (Å²) in [4.78, 5) is 28.1. The molecular formula is C12H17N3O2. The second kappa shape index (κ2) is 5.14. The third kappa shape index (κ3) is 2.55. The second-order valence-corrected chi connectivity index (χ2v) is 4.39. The van der Waals surface area contributed by atoms with Gasteiger partial charge in [-0.3, -0.25) is 9.59 Å². The Kier molecular flexibility index (Phi) is 3.58. The summed E-state index contributed by atoms with van der Waals surface area (Å²) < 4.78 is 0. The maximum absolute atomic E-state index is 12.1. The number of H-pyrrole nitrogens is 1. The lowest BCUT2D eigenvalue weighted by molar-refractivity contribution is 0.0691. The predicted octanol–water partition coefficient (Wildman–Crippen LogP) is 0.186. The van der Waals surface area contributed by atoms with Crippen molar-refractivity contribution in [1.82, 2.24) is 9.88 Å². The molecule has 3 N–H and O–H groups in total. The molecule has 1 saturated heterocycles. The normalized spacial score (nSPS) is 17.1. The molecule has 0 spiro atoms.